The second-order valence-corrected chi connectivity index (χ2v) is 18.8. The van der Waals surface area contributed by atoms with Crippen LogP contribution in [-0.2, 0) is 28.7 Å². The van der Waals surface area contributed by atoms with Crippen LogP contribution in [0.5, 0.6) is 0 Å². The van der Waals surface area contributed by atoms with Crippen molar-refractivity contribution in [1.82, 2.24) is 0 Å². The summed E-state index contributed by atoms with van der Waals surface area (Å²) in [5.74, 6) is -0.502. The Morgan fingerprint density at radius 3 is 1.56 bits per heavy atom. The Hall–Kier alpha value is -3.40. The molecule has 344 valence electrons. The van der Waals surface area contributed by atoms with E-state index in [1.54, 1.807) is 48.5 Å². The van der Waals surface area contributed by atoms with Gasteiger partial charge >= 0.3 is 11.9 Å². The molecule has 0 saturated carbocycles. The lowest BCUT2D eigenvalue weighted by Gasteiger charge is -2.36. The van der Waals surface area contributed by atoms with E-state index < -0.39 is 96.1 Å². The van der Waals surface area contributed by atoms with E-state index in [9.17, 15) is 44.7 Å². The molecule has 2 heterocycles. The average molecular weight is 855 g/mol. The number of rotatable bonds is 2. The van der Waals surface area contributed by atoms with Crippen molar-refractivity contribution in [2.45, 2.75) is 152 Å². The molecule has 0 radical (unpaired) electrons. The molecule has 1 aromatic carbocycles. The lowest BCUT2D eigenvalue weighted by Crippen LogP contribution is -2.45. The number of hydrogen-bond donors (Lipinski definition) is 5. The zero-order chi connectivity index (χ0) is 46.6. The zero-order valence-electron chi connectivity index (χ0n) is 39.0. The number of aliphatic hydroxyl groups is 5. The molecule has 0 spiro atoms. The van der Waals surface area contributed by atoms with Crippen LogP contribution in [0.4, 0.5) is 0 Å². The number of carbonyl (C=O) groups excluding carboxylic acids is 4. The minimum absolute atomic E-state index is 0.00637. The van der Waals surface area contributed by atoms with Crippen molar-refractivity contribution >= 4 is 23.5 Å². The lowest BCUT2D eigenvalue weighted by atomic mass is 9.73. The van der Waals surface area contributed by atoms with Gasteiger partial charge in [-0.1, -0.05) is 112 Å². The smallest absolute Gasteiger partial charge is 0.312 e. The summed E-state index contributed by atoms with van der Waals surface area (Å²) in [4.78, 5) is 51.6. The van der Waals surface area contributed by atoms with Gasteiger partial charge in [0.2, 0.25) is 0 Å². The average Bonchev–Trinajstić information content (AvgIpc) is 3.25. The van der Waals surface area contributed by atoms with Gasteiger partial charge in [0.05, 0.1) is 42.4 Å². The quantitative estimate of drug-likeness (QED) is 0.125. The number of Topliss-reactive ketones (excluding diaryl/α,β-unsaturated/α-hetero) is 2. The third kappa shape index (κ3) is 14.0. The lowest BCUT2D eigenvalue weighted by molar-refractivity contribution is -0.165. The first-order chi connectivity index (χ1) is 28.4. The fraction of sp³-hybridized carbons (Fsp3) is 0.720. The highest BCUT2D eigenvalue weighted by Gasteiger charge is 2.42. The molecule has 1 aromatic rings. The Labute approximate surface area is 366 Å². The highest BCUT2D eigenvalue weighted by molar-refractivity contribution is 5.84. The largest absolute Gasteiger partial charge is 0.461 e. The normalized spacial score (nSPS) is 41.5. The third-order valence-electron chi connectivity index (χ3n) is 14.2. The summed E-state index contributed by atoms with van der Waals surface area (Å²) in [5.41, 5.74) is 0.761. The highest BCUT2D eigenvalue weighted by Crippen LogP contribution is 2.35. The number of esters is 2. The Morgan fingerprint density at radius 2 is 1.05 bits per heavy atom. The molecule has 2 saturated heterocycles. The van der Waals surface area contributed by atoms with Gasteiger partial charge in [-0.15, -0.1) is 6.58 Å². The summed E-state index contributed by atoms with van der Waals surface area (Å²) in [6, 6.07) is 9.32. The van der Waals surface area contributed by atoms with E-state index in [4.69, 9.17) is 9.47 Å². The topological polar surface area (TPSA) is 188 Å². The number of carbonyl (C=O) groups is 4. The first-order valence-electron chi connectivity index (χ1n) is 22.5. The van der Waals surface area contributed by atoms with Crippen LogP contribution in [0, 0.1) is 88.8 Å². The molecule has 11 nitrogen and oxygen atoms in total. The molecule has 0 unspecified atom stereocenters. The number of aliphatic hydroxyl groups excluding tert-OH is 5. The van der Waals surface area contributed by atoms with Gasteiger partial charge in [-0.05, 0) is 68.9 Å². The molecule has 0 bridgehead atoms. The van der Waals surface area contributed by atoms with Crippen molar-refractivity contribution in [2.75, 3.05) is 0 Å². The molecule has 3 rings (SSSR count). The molecule has 11 heteroatoms. The maximum Gasteiger partial charge on any atom is 0.312 e. The summed E-state index contributed by atoms with van der Waals surface area (Å²) >= 11 is 0. The van der Waals surface area contributed by atoms with E-state index in [0.717, 1.165) is 5.56 Å². The van der Waals surface area contributed by atoms with E-state index in [1.807, 2.05) is 65.0 Å². The van der Waals surface area contributed by atoms with Crippen molar-refractivity contribution in [3.63, 3.8) is 0 Å². The van der Waals surface area contributed by atoms with Crippen LogP contribution in [0.1, 0.15) is 115 Å². The molecule has 2 fully saturated rings. The summed E-state index contributed by atoms with van der Waals surface area (Å²) in [5, 5.41) is 54.1. The fourth-order valence-corrected chi connectivity index (χ4v) is 9.02. The van der Waals surface area contributed by atoms with Crippen molar-refractivity contribution in [3.05, 3.63) is 48.6 Å². The minimum atomic E-state index is -1.08. The van der Waals surface area contributed by atoms with Crippen LogP contribution in [-0.4, -0.2) is 91.8 Å². The summed E-state index contributed by atoms with van der Waals surface area (Å²) in [6.45, 7) is 27.3. The van der Waals surface area contributed by atoms with Crippen molar-refractivity contribution < 1.29 is 54.2 Å². The zero-order valence-corrected chi connectivity index (χ0v) is 39.0. The Morgan fingerprint density at radius 1 is 0.590 bits per heavy atom. The van der Waals surface area contributed by atoms with Gasteiger partial charge < -0.3 is 35.0 Å². The van der Waals surface area contributed by atoms with E-state index in [-0.39, 0.29) is 47.1 Å². The Kier molecular flexibility index (Phi) is 21.5. The number of ketones is 2. The maximum absolute atomic E-state index is 13.1. The molecule has 20 atom stereocenters. The summed E-state index contributed by atoms with van der Waals surface area (Å²) < 4.78 is 11.4. The van der Waals surface area contributed by atoms with Gasteiger partial charge in [-0.2, -0.15) is 0 Å². The SMILES string of the molecule is C=C[C@@H]1[C@H](O)[C@@H](C)C(=O)[C@H](C)C[C@H](C)[C@H](O)[C@@H](C)[C@H](O)[C@@H](C)C(=O)O[C@@H]1CC.C[C@@H]1[C@@H](C)[C@@H](C)C[C@@H](C)C(=O)[C@H](C)[C@@H](O)[C@@H](C)[C@@H](C#Cc2ccccc2)OC(=O)[C@H](C)[C@H]1O. The van der Waals surface area contributed by atoms with Crippen LogP contribution >= 0.6 is 0 Å². The van der Waals surface area contributed by atoms with Crippen LogP contribution in [0.15, 0.2) is 43.0 Å². The number of ether oxygens (including phenoxy) is 2. The van der Waals surface area contributed by atoms with Crippen LogP contribution in [0.2, 0.25) is 0 Å². The van der Waals surface area contributed by atoms with Gasteiger partial charge in [0.15, 0.2) is 6.10 Å². The maximum atomic E-state index is 13.1. The van der Waals surface area contributed by atoms with Crippen LogP contribution in [0.3, 0.4) is 0 Å². The van der Waals surface area contributed by atoms with E-state index in [2.05, 4.69) is 25.3 Å². The molecule has 2 aliphatic rings. The standard InChI is InChI=1S/C28H40O5.C22H38O6/c1-16-15-17(2)25(29)21(6)27(31)20(5)24(14-13-23-11-9-8-10-12-23)33-28(32)22(7)26(30)19(4)18(16)3;1-8-16-17(9-2)28-22(27)15(7)20(25)13(5)18(23)11(3)10-12(4)19(24)14(6)21(16)26/h8-12,16-22,24,26-27,30-31H,15H2,1-7H3;8,11-18,20-21,23,25-26H,1,9-10H2,2-7H3/t16-,17+,18-,19+,20-,21-,22+,24+,26-,27-;11-,12+,13+,14-,15+,16-,17+,18-,20-,21+/m00/s1. The van der Waals surface area contributed by atoms with Gasteiger partial charge in [-0.25, -0.2) is 0 Å². The predicted molar refractivity (Wildman–Crippen MR) is 236 cm³/mol. The fourth-order valence-electron chi connectivity index (χ4n) is 9.02. The molecule has 5 N–H and O–H groups in total. The van der Waals surface area contributed by atoms with Gasteiger partial charge in [0.25, 0.3) is 0 Å². The summed E-state index contributed by atoms with van der Waals surface area (Å²) in [6.07, 6.45) is -3.38. The van der Waals surface area contributed by atoms with Crippen LogP contribution < -0.4 is 0 Å². The Balaban J connectivity index is 0.000000426. The molecule has 0 amide bonds. The van der Waals surface area contributed by atoms with Crippen molar-refractivity contribution in [2.24, 2.45) is 76.9 Å². The minimum Gasteiger partial charge on any atom is -0.461 e. The highest BCUT2D eigenvalue weighted by atomic mass is 16.6. The van der Waals surface area contributed by atoms with Gasteiger partial charge in [0.1, 0.15) is 17.7 Å². The van der Waals surface area contributed by atoms with Gasteiger partial charge in [0, 0.05) is 47.0 Å². The first-order valence-corrected chi connectivity index (χ1v) is 22.5. The predicted octanol–water partition coefficient (Wildman–Crippen LogP) is 6.44. The first kappa shape index (κ1) is 53.7. The van der Waals surface area contributed by atoms with Crippen LogP contribution in [0.25, 0.3) is 0 Å². The van der Waals surface area contributed by atoms with E-state index >= 15 is 0 Å². The monoisotopic (exact) mass is 855 g/mol. The van der Waals surface area contributed by atoms with E-state index in [0.29, 0.717) is 19.3 Å². The second-order valence-electron chi connectivity index (χ2n) is 18.8. The molecular formula is C50H78O11. The van der Waals surface area contributed by atoms with E-state index in [1.165, 1.54) is 6.08 Å². The molecule has 0 aliphatic carbocycles. The molecular weight excluding hydrogens is 777 g/mol. The molecule has 0 aromatic heterocycles. The van der Waals surface area contributed by atoms with Crippen molar-refractivity contribution in [3.8, 4) is 11.8 Å². The Bertz CT molecular complexity index is 1630. The number of hydrogen-bond acceptors (Lipinski definition) is 11. The molecule has 61 heavy (non-hydrogen) atoms. The number of cyclic esters (lactones) is 2. The van der Waals surface area contributed by atoms with Crippen molar-refractivity contribution in [1.29, 1.82) is 0 Å². The third-order valence-corrected chi connectivity index (χ3v) is 14.2. The second kappa shape index (κ2) is 24.4. The van der Waals surface area contributed by atoms with Gasteiger partial charge in [-0.3, -0.25) is 19.2 Å². The number of benzene rings is 1. The molecule has 2 aliphatic heterocycles. The summed E-state index contributed by atoms with van der Waals surface area (Å²) in [7, 11) is 0.